The Morgan fingerprint density at radius 2 is 1.93 bits per heavy atom. The van der Waals surface area contributed by atoms with Gasteiger partial charge >= 0.3 is 5.97 Å². The average Bonchev–Trinajstić information content (AvgIpc) is 2.14. The lowest BCUT2D eigenvalue weighted by atomic mass is 10.1. The molecule has 0 atom stereocenters. The van der Waals surface area contributed by atoms with E-state index in [1.807, 2.05) is 0 Å². The minimum Gasteiger partial charge on any atom is -0.466 e. The molecule has 0 aromatic carbocycles. The van der Waals surface area contributed by atoms with Crippen LogP contribution in [0.3, 0.4) is 0 Å². The van der Waals surface area contributed by atoms with Crippen LogP contribution in [0, 0.1) is 5.92 Å². The van der Waals surface area contributed by atoms with Crippen molar-refractivity contribution in [3.8, 4) is 0 Å². The summed E-state index contributed by atoms with van der Waals surface area (Å²) in [5.74, 6) is 0.434. The second kappa shape index (κ2) is 9.00. The number of carbonyl (C=O) groups is 1. The first kappa shape index (κ1) is 13.4. The Balaban J connectivity index is 3.18. The molecule has 0 heterocycles. The van der Waals surface area contributed by atoms with Gasteiger partial charge in [0.05, 0.1) is 13.2 Å². The Morgan fingerprint density at radius 3 is 2.50 bits per heavy atom. The highest BCUT2D eigenvalue weighted by Gasteiger charge is 2.03. The van der Waals surface area contributed by atoms with Crippen LogP contribution >= 0.6 is 0 Å². The van der Waals surface area contributed by atoms with Crippen LogP contribution in [-0.2, 0) is 14.6 Å². The van der Waals surface area contributed by atoms with Crippen molar-refractivity contribution in [3.63, 3.8) is 0 Å². The smallest absolute Gasteiger partial charge is 0.305 e. The Labute approximate surface area is 86.5 Å². The quantitative estimate of drug-likeness (QED) is 0.447. The maximum atomic E-state index is 11.1. The molecule has 3 heteroatoms. The summed E-state index contributed by atoms with van der Waals surface area (Å²) in [5, 5.41) is 10.1. The molecule has 83 valence electrons. The first-order valence-corrected chi connectivity index (χ1v) is 5.40. The number of hydrogen-bond donors (Lipinski definition) is 0. The first-order chi connectivity index (χ1) is 6.66. The highest BCUT2D eigenvalue weighted by atomic mass is 16.5. The summed E-state index contributed by atoms with van der Waals surface area (Å²) in [6.07, 6.45) is 3.76. The number of hydrogen-bond acceptors (Lipinski definition) is 2. The van der Waals surface area contributed by atoms with Gasteiger partial charge in [-0.25, -0.2) is 5.11 Å². The third-order valence-corrected chi connectivity index (χ3v) is 1.98. The van der Waals surface area contributed by atoms with Gasteiger partial charge in [0.15, 0.2) is 0 Å². The number of unbranched alkanes of at least 4 members (excludes halogenated alkanes) is 2. The Hall–Kier alpha value is -0.570. The van der Waals surface area contributed by atoms with Crippen molar-refractivity contribution in [1.82, 2.24) is 0 Å². The summed E-state index contributed by atoms with van der Waals surface area (Å²) in [6, 6.07) is 0. The van der Waals surface area contributed by atoms with Crippen molar-refractivity contribution in [2.24, 2.45) is 5.92 Å². The van der Waals surface area contributed by atoms with Gasteiger partial charge in [0.2, 0.25) is 0 Å². The number of carbonyl (C=O) groups excluding carboxylic acids is 1. The molecule has 0 aliphatic rings. The molecule has 0 aromatic heterocycles. The Kier molecular flexibility index (Phi) is 8.64. The molecule has 0 aliphatic heterocycles. The van der Waals surface area contributed by atoms with E-state index in [1.54, 1.807) is 0 Å². The minimum absolute atomic E-state index is 0.0265. The number of rotatable bonds is 8. The highest BCUT2D eigenvalue weighted by Crippen LogP contribution is 2.05. The molecule has 0 amide bonds. The zero-order chi connectivity index (χ0) is 10.8. The summed E-state index contributed by atoms with van der Waals surface area (Å²) in [5.41, 5.74) is 0. The predicted octanol–water partition coefficient (Wildman–Crippen LogP) is 2.57. The molecule has 14 heavy (non-hydrogen) atoms. The largest absolute Gasteiger partial charge is 0.466 e. The van der Waals surface area contributed by atoms with Gasteiger partial charge in [-0.15, -0.1) is 0 Å². The van der Waals surface area contributed by atoms with Gasteiger partial charge in [-0.3, -0.25) is 4.79 Å². The van der Waals surface area contributed by atoms with E-state index >= 15 is 0 Å². The van der Waals surface area contributed by atoms with Crippen LogP contribution in [-0.4, -0.2) is 19.2 Å². The molecule has 3 nitrogen and oxygen atoms in total. The van der Waals surface area contributed by atoms with Crippen molar-refractivity contribution in [2.75, 3.05) is 13.2 Å². The van der Waals surface area contributed by atoms with E-state index in [0.29, 0.717) is 25.4 Å². The third kappa shape index (κ3) is 9.52. The van der Waals surface area contributed by atoms with E-state index in [0.717, 1.165) is 19.3 Å². The second-order valence-corrected chi connectivity index (χ2v) is 3.92. The van der Waals surface area contributed by atoms with Crippen LogP contribution in [0.1, 0.15) is 46.0 Å². The van der Waals surface area contributed by atoms with E-state index in [9.17, 15) is 9.90 Å². The maximum absolute atomic E-state index is 11.1. The molecule has 0 spiro atoms. The van der Waals surface area contributed by atoms with Gasteiger partial charge < -0.3 is 4.74 Å². The van der Waals surface area contributed by atoms with Gasteiger partial charge in [-0.05, 0) is 31.6 Å². The van der Waals surface area contributed by atoms with Crippen molar-refractivity contribution >= 4 is 5.97 Å². The monoisotopic (exact) mass is 201 g/mol. The molecule has 0 saturated carbocycles. The molecule has 1 radical (unpaired) electrons. The molecule has 0 N–H and O–H groups in total. The summed E-state index contributed by atoms with van der Waals surface area (Å²) in [7, 11) is 0. The van der Waals surface area contributed by atoms with Gasteiger partial charge in [-0.2, -0.15) is 0 Å². The maximum Gasteiger partial charge on any atom is 0.305 e. The molecular formula is C11H21O3. The van der Waals surface area contributed by atoms with Crippen LogP contribution in [0.4, 0.5) is 0 Å². The van der Waals surface area contributed by atoms with E-state index < -0.39 is 0 Å². The lowest BCUT2D eigenvalue weighted by Crippen LogP contribution is -2.07. The standard InChI is InChI=1S/C11H21O3/c1-10(2)6-7-11(13)14-9-5-3-4-8-12/h10H,3-9H2,1-2H3. The molecule has 0 aliphatic carbocycles. The SMILES string of the molecule is CC(C)CCC(=O)OCCCCC[O]. The molecule has 0 saturated heterocycles. The second-order valence-electron chi connectivity index (χ2n) is 3.92. The minimum atomic E-state index is -0.110. The fraction of sp³-hybridized carbons (Fsp3) is 0.909. The average molecular weight is 201 g/mol. The molecular weight excluding hydrogens is 180 g/mol. The van der Waals surface area contributed by atoms with Crippen molar-refractivity contribution < 1.29 is 14.6 Å². The van der Waals surface area contributed by atoms with Crippen LogP contribution in [0.5, 0.6) is 0 Å². The van der Waals surface area contributed by atoms with Crippen LogP contribution < -0.4 is 0 Å². The van der Waals surface area contributed by atoms with Crippen LogP contribution in [0.25, 0.3) is 0 Å². The van der Waals surface area contributed by atoms with Crippen molar-refractivity contribution in [3.05, 3.63) is 0 Å². The summed E-state index contributed by atoms with van der Waals surface area (Å²) < 4.78 is 5.00. The zero-order valence-corrected chi connectivity index (χ0v) is 9.25. The first-order valence-electron chi connectivity index (χ1n) is 5.40. The zero-order valence-electron chi connectivity index (χ0n) is 9.25. The summed E-state index contributed by atoms with van der Waals surface area (Å²) in [4.78, 5) is 11.1. The Morgan fingerprint density at radius 1 is 1.21 bits per heavy atom. The van der Waals surface area contributed by atoms with E-state index in [1.165, 1.54) is 0 Å². The molecule has 0 aromatic rings. The number of ether oxygens (including phenoxy) is 1. The van der Waals surface area contributed by atoms with E-state index in [2.05, 4.69) is 13.8 Å². The van der Waals surface area contributed by atoms with Crippen molar-refractivity contribution in [1.29, 1.82) is 0 Å². The van der Waals surface area contributed by atoms with Crippen LogP contribution in [0.15, 0.2) is 0 Å². The van der Waals surface area contributed by atoms with Gasteiger partial charge in [0.1, 0.15) is 0 Å². The summed E-state index contributed by atoms with van der Waals surface area (Å²) >= 11 is 0. The fourth-order valence-corrected chi connectivity index (χ4v) is 1.05. The molecule has 0 rings (SSSR count). The third-order valence-electron chi connectivity index (χ3n) is 1.98. The fourth-order valence-electron chi connectivity index (χ4n) is 1.05. The van der Waals surface area contributed by atoms with E-state index in [-0.39, 0.29) is 12.6 Å². The van der Waals surface area contributed by atoms with E-state index in [4.69, 9.17) is 4.74 Å². The topological polar surface area (TPSA) is 46.2 Å². The predicted molar refractivity (Wildman–Crippen MR) is 54.4 cm³/mol. The molecule has 0 unspecified atom stereocenters. The van der Waals surface area contributed by atoms with Gasteiger partial charge in [-0.1, -0.05) is 13.8 Å². The molecule has 0 bridgehead atoms. The summed E-state index contributed by atoms with van der Waals surface area (Å²) in [6.45, 7) is 4.61. The Bertz CT molecular complexity index is 143. The van der Waals surface area contributed by atoms with Gasteiger partial charge in [0.25, 0.3) is 0 Å². The van der Waals surface area contributed by atoms with Gasteiger partial charge in [0, 0.05) is 6.42 Å². The molecule has 0 fully saturated rings. The van der Waals surface area contributed by atoms with Crippen LogP contribution in [0.2, 0.25) is 0 Å². The lowest BCUT2D eigenvalue weighted by molar-refractivity contribution is -0.144. The lowest BCUT2D eigenvalue weighted by Gasteiger charge is -2.05. The highest BCUT2D eigenvalue weighted by molar-refractivity contribution is 5.69. The normalized spacial score (nSPS) is 10.6. The number of esters is 1. The van der Waals surface area contributed by atoms with Crippen molar-refractivity contribution in [2.45, 2.75) is 46.0 Å².